The third kappa shape index (κ3) is 2.61. The van der Waals surface area contributed by atoms with Crippen molar-refractivity contribution in [3.8, 4) is 0 Å². The standard InChI is InChI=1S/C15H19N3O3/c1-15(2,14(20)21)17(3)13(19)9-11-10-7-5-6-8-12(10)18(4)16-11/h5-8H,9H2,1-4H3,(H,20,21). The number of carboxylic acids is 1. The SMILES string of the molecule is CN(C(=O)Cc1nn(C)c2ccccc12)C(C)(C)C(=O)O. The van der Waals surface area contributed by atoms with Crippen molar-refractivity contribution in [2.45, 2.75) is 25.8 Å². The second-order valence-corrected chi connectivity index (χ2v) is 5.58. The highest BCUT2D eigenvalue weighted by atomic mass is 16.4. The number of benzene rings is 1. The Bertz CT molecular complexity index is 703. The van der Waals surface area contributed by atoms with Crippen LogP contribution in [-0.2, 0) is 23.1 Å². The van der Waals surface area contributed by atoms with Crippen molar-refractivity contribution in [2.75, 3.05) is 7.05 Å². The van der Waals surface area contributed by atoms with E-state index in [0.717, 1.165) is 10.9 Å². The summed E-state index contributed by atoms with van der Waals surface area (Å²) in [5.41, 5.74) is 0.355. The van der Waals surface area contributed by atoms with E-state index in [9.17, 15) is 14.7 Å². The molecule has 1 aromatic heterocycles. The molecule has 6 heteroatoms. The average molecular weight is 289 g/mol. The summed E-state index contributed by atoms with van der Waals surface area (Å²) in [5.74, 6) is -1.31. The number of likely N-dealkylation sites (N-methyl/N-ethyl adjacent to an activating group) is 1. The average Bonchev–Trinajstić information content (AvgIpc) is 2.75. The molecule has 1 N–H and O–H groups in total. The lowest BCUT2D eigenvalue weighted by atomic mass is 10.0. The molecule has 0 saturated heterocycles. The lowest BCUT2D eigenvalue weighted by Crippen LogP contribution is -2.51. The third-order valence-electron chi connectivity index (χ3n) is 3.89. The van der Waals surface area contributed by atoms with Crippen LogP contribution in [-0.4, -0.2) is 44.3 Å². The number of aryl methyl sites for hydroxylation is 1. The Morgan fingerprint density at radius 1 is 1.33 bits per heavy atom. The smallest absolute Gasteiger partial charge is 0.329 e. The molecule has 21 heavy (non-hydrogen) atoms. The van der Waals surface area contributed by atoms with Gasteiger partial charge in [0.2, 0.25) is 5.91 Å². The zero-order valence-electron chi connectivity index (χ0n) is 12.6. The van der Waals surface area contributed by atoms with E-state index in [-0.39, 0.29) is 12.3 Å². The quantitative estimate of drug-likeness (QED) is 0.924. The number of carboxylic acid groups (broad SMARTS) is 1. The Kier molecular flexibility index (Phi) is 3.72. The molecule has 0 unspecified atom stereocenters. The minimum absolute atomic E-state index is 0.0779. The summed E-state index contributed by atoms with van der Waals surface area (Å²) in [4.78, 5) is 24.8. The minimum Gasteiger partial charge on any atom is -0.480 e. The maximum Gasteiger partial charge on any atom is 0.329 e. The van der Waals surface area contributed by atoms with Crippen LogP contribution in [0.15, 0.2) is 24.3 Å². The van der Waals surface area contributed by atoms with Gasteiger partial charge < -0.3 is 10.0 Å². The molecule has 0 radical (unpaired) electrons. The molecule has 1 heterocycles. The van der Waals surface area contributed by atoms with Gasteiger partial charge in [-0.05, 0) is 19.9 Å². The number of hydrogen-bond acceptors (Lipinski definition) is 3. The molecule has 2 aromatic rings. The summed E-state index contributed by atoms with van der Waals surface area (Å²) in [6.07, 6.45) is 0.0779. The normalized spacial score (nSPS) is 11.6. The number of carbonyl (C=O) groups excluding carboxylic acids is 1. The number of aliphatic carboxylic acids is 1. The van der Waals surface area contributed by atoms with E-state index in [1.165, 1.54) is 25.8 Å². The molecule has 112 valence electrons. The molecule has 2 rings (SSSR count). The highest BCUT2D eigenvalue weighted by Crippen LogP contribution is 2.20. The van der Waals surface area contributed by atoms with Gasteiger partial charge in [-0.15, -0.1) is 0 Å². The van der Waals surface area contributed by atoms with Crippen LogP contribution in [0.3, 0.4) is 0 Å². The van der Waals surface area contributed by atoms with Gasteiger partial charge in [-0.3, -0.25) is 9.48 Å². The van der Waals surface area contributed by atoms with Crippen molar-refractivity contribution in [2.24, 2.45) is 7.05 Å². The van der Waals surface area contributed by atoms with E-state index in [1.54, 1.807) is 4.68 Å². The molecule has 0 aliphatic carbocycles. The number of rotatable bonds is 4. The molecular weight excluding hydrogens is 270 g/mol. The first-order valence-electron chi connectivity index (χ1n) is 6.66. The van der Waals surface area contributed by atoms with E-state index in [1.807, 2.05) is 31.3 Å². The summed E-state index contributed by atoms with van der Waals surface area (Å²) < 4.78 is 1.72. The van der Waals surface area contributed by atoms with Gasteiger partial charge in [0.25, 0.3) is 0 Å². The fraction of sp³-hybridized carbons (Fsp3) is 0.400. The summed E-state index contributed by atoms with van der Waals surface area (Å²) in [5, 5.41) is 14.5. The van der Waals surface area contributed by atoms with Crippen molar-refractivity contribution in [3.05, 3.63) is 30.0 Å². The summed E-state index contributed by atoms with van der Waals surface area (Å²) >= 11 is 0. The van der Waals surface area contributed by atoms with Crippen LogP contribution in [0.1, 0.15) is 19.5 Å². The van der Waals surface area contributed by atoms with Crippen molar-refractivity contribution < 1.29 is 14.7 Å². The Morgan fingerprint density at radius 2 is 1.95 bits per heavy atom. The molecule has 0 fully saturated rings. The summed E-state index contributed by atoms with van der Waals surface area (Å²) in [6, 6.07) is 7.65. The maximum atomic E-state index is 12.3. The van der Waals surface area contributed by atoms with Crippen LogP contribution in [0, 0.1) is 0 Å². The molecular formula is C15H19N3O3. The highest BCUT2D eigenvalue weighted by molar-refractivity contribution is 5.90. The fourth-order valence-electron chi connectivity index (χ4n) is 2.14. The molecule has 0 bridgehead atoms. The lowest BCUT2D eigenvalue weighted by Gasteiger charge is -2.31. The molecule has 0 atom stereocenters. The number of nitrogens with zero attached hydrogens (tertiary/aromatic N) is 3. The van der Waals surface area contributed by atoms with Crippen LogP contribution < -0.4 is 0 Å². The lowest BCUT2D eigenvalue weighted by molar-refractivity contribution is -0.155. The topological polar surface area (TPSA) is 75.4 Å². The predicted octanol–water partition coefficient (Wildman–Crippen LogP) is 1.44. The van der Waals surface area contributed by atoms with Crippen LogP contribution in [0.5, 0.6) is 0 Å². The van der Waals surface area contributed by atoms with Crippen molar-refractivity contribution in [1.29, 1.82) is 0 Å². The van der Waals surface area contributed by atoms with Crippen LogP contribution in [0.25, 0.3) is 10.9 Å². The monoisotopic (exact) mass is 289 g/mol. The van der Waals surface area contributed by atoms with Gasteiger partial charge >= 0.3 is 5.97 Å². The second-order valence-electron chi connectivity index (χ2n) is 5.58. The molecule has 0 aliphatic heterocycles. The highest BCUT2D eigenvalue weighted by Gasteiger charge is 2.35. The number of aromatic nitrogens is 2. The van der Waals surface area contributed by atoms with E-state index in [2.05, 4.69) is 5.10 Å². The Hall–Kier alpha value is -2.37. The Balaban J connectivity index is 2.29. The molecule has 0 aliphatic rings. The first-order valence-corrected chi connectivity index (χ1v) is 6.66. The fourth-order valence-corrected chi connectivity index (χ4v) is 2.14. The van der Waals surface area contributed by atoms with Crippen LogP contribution in [0.4, 0.5) is 0 Å². The molecule has 1 aromatic carbocycles. The minimum atomic E-state index is -1.25. The largest absolute Gasteiger partial charge is 0.480 e. The molecule has 1 amide bonds. The summed E-state index contributed by atoms with van der Waals surface area (Å²) in [7, 11) is 3.32. The van der Waals surface area contributed by atoms with Crippen LogP contribution in [0.2, 0.25) is 0 Å². The predicted molar refractivity (Wildman–Crippen MR) is 78.9 cm³/mol. The van der Waals surface area contributed by atoms with Crippen LogP contribution >= 0.6 is 0 Å². The summed E-state index contributed by atoms with van der Waals surface area (Å²) in [6.45, 7) is 3.01. The van der Waals surface area contributed by atoms with Gasteiger partial charge in [-0.25, -0.2) is 4.79 Å². The molecule has 6 nitrogen and oxygen atoms in total. The number of para-hydroxylation sites is 1. The Labute approximate surface area is 123 Å². The number of fused-ring (bicyclic) bond motifs is 1. The molecule has 0 spiro atoms. The van der Waals surface area contributed by atoms with Crippen molar-refractivity contribution in [1.82, 2.24) is 14.7 Å². The van der Waals surface area contributed by atoms with Gasteiger partial charge in [-0.2, -0.15) is 5.10 Å². The van der Waals surface area contributed by atoms with Crippen molar-refractivity contribution in [3.63, 3.8) is 0 Å². The second kappa shape index (κ2) is 5.20. The third-order valence-corrected chi connectivity index (χ3v) is 3.89. The number of amides is 1. The van der Waals surface area contributed by atoms with Gasteiger partial charge in [0.1, 0.15) is 5.54 Å². The first kappa shape index (κ1) is 15.0. The molecule has 0 saturated carbocycles. The van der Waals surface area contributed by atoms with E-state index in [4.69, 9.17) is 0 Å². The zero-order chi connectivity index (χ0) is 15.8. The number of carbonyl (C=O) groups is 2. The Morgan fingerprint density at radius 3 is 2.57 bits per heavy atom. The van der Waals surface area contributed by atoms with Gasteiger partial charge in [0.15, 0.2) is 0 Å². The number of hydrogen-bond donors (Lipinski definition) is 1. The van der Waals surface area contributed by atoms with E-state index < -0.39 is 11.5 Å². The van der Waals surface area contributed by atoms with Crippen molar-refractivity contribution >= 4 is 22.8 Å². The van der Waals surface area contributed by atoms with Gasteiger partial charge in [-0.1, -0.05) is 18.2 Å². The van der Waals surface area contributed by atoms with E-state index >= 15 is 0 Å². The van der Waals surface area contributed by atoms with Gasteiger partial charge in [0, 0.05) is 19.5 Å². The maximum absolute atomic E-state index is 12.3. The van der Waals surface area contributed by atoms with Gasteiger partial charge in [0.05, 0.1) is 17.6 Å². The van der Waals surface area contributed by atoms with E-state index in [0.29, 0.717) is 5.69 Å². The first-order chi connectivity index (χ1) is 9.75. The zero-order valence-corrected chi connectivity index (χ0v) is 12.6.